The van der Waals surface area contributed by atoms with Crippen LogP contribution in [-0.2, 0) is 11.8 Å². The van der Waals surface area contributed by atoms with Gasteiger partial charge in [-0.05, 0) is 31.0 Å². The van der Waals surface area contributed by atoms with Gasteiger partial charge in [-0.2, -0.15) is 0 Å². The number of methoxy groups -OCH3 is 1. The number of benzene rings is 1. The minimum absolute atomic E-state index is 0.115. The number of carbonyl (C=O) groups excluding carboxylic acids is 1. The number of aryl methyl sites for hydroxylation is 1. The van der Waals surface area contributed by atoms with E-state index >= 15 is 0 Å². The van der Waals surface area contributed by atoms with E-state index in [0.29, 0.717) is 12.5 Å². The zero-order valence-corrected chi connectivity index (χ0v) is 17.9. The predicted molar refractivity (Wildman–Crippen MR) is 118 cm³/mol. The number of piperidine rings is 1. The highest BCUT2D eigenvalue weighted by atomic mass is 16.5. The Kier molecular flexibility index (Phi) is 5.99. The van der Waals surface area contributed by atoms with E-state index in [1.54, 1.807) is 7.11 Å². The number of likely N-dealkylation sites (N-methyl/N-ethyl adjacent to an activating group) is 1. The number of nitrogens with zero attached hydrogens (tertiary/aromatic N) is 5. The van der Waals surface area contributed by atoms with Crippen molar-refractivity contribution in [1.29, 1.82) is 0 Å². The monoisotopic (exact) mass is 407 g/mol. The molecule has 1 aliphatic heterocycles. The molecule has 1 aromatic carbocycles. The van der Waals surface area contributed by atoms with Gasteiger partial charge in [0.15, 0.2) is 5.82 Å². The van der Waals surface area contributed by atoms with Gasteiger partial charge in [0.05, 0.1) is 18.5 Å². The van der Waals surface area contributed by atoms with Crippen molar-refractivity contribution in [3.05, 3.63) is 54.0 Å². The molecule has 0 bridgehead atoms. The summed E-state index contributed by atoms with van der Waals surface area (Å²) in [6.45, 7) is 2.88. The van der Waals surface area contributed by atoms with Crippen molar-refractivity contribution >= 4 is 22.8 Å². The number of hydrogen-bond acceptors (Lipinski definition) is 5. The molecule has 4 rings (SSSR count). The number of ether oxygens (including phenoxy) is 1. The summed E-state index contributed by atoms with van der Waals surface area (Å²) in [5.74, 6) is 1.34. The maximum Gasteiger partial charge on any atom is 0.253 e. The summed E-state index contributed by atoms with van der Waals surface area (Å²) >= 11 is 0. The second-order valence-electron chi connectivity index (χ2n) is 7.94. The lowest BCUT2D eigenvalue weighted by Gasteiger charge is -2.32. The Bertz CT molecular complexity index is 1010. The number of imidazole rings is 1. The van der Waals surface area contributed by atoms with Crippen molar-refractivity contribution in [3.8, 4) is 0 Å². The third-order valence-corrected chi connectivity index (χ3v) is 5.93. The van der Waals surface area contributed by atoms with Crippen molar-refractivity contribution in [1.82, 2.24) is 19.4 Å². The number of carbonyl (C=O) groups is 1. The lowest BCUT2D eigenvalue weighted by molar-refractivity contribution is 0.0712. The van der Waals surface area contributed by atoms with E-state index in [2.05, 4.69) is 16.0 Å². The lowest BCUT2D eigenvalue weighted by Crippen LogP contribution is -2.38. The smallest absolute Gasteiger partial charge is 0.253 e. The first-order chi connectivity index (χ1) is 14.6. The van der Waals surface area contributed by atoms with Gasteiger partial charge < -0.3 is 19.1 Å². The summed E-state index contributed by atoms with van der Waals surface area (Å²) in [5.41, 5.74) is 3.84. The van der Waals surface area contributed by atoms with Crippen LogP contribution in [0.5, 0.6) is 0 Å². The van der Waals surface area contributed by atoms with Crippen LogP contribution in [0.4, 0.5) is 5.82 Å². The van der Waals surface area contributed by atoms with Gasteiger partial charge in [-0.15, -0.1) is 0 Å². The summed E-state index contributed by atoms with van der Waals surface area (Å²) < 4.78 is 7.28. The number of amides is 1. The second-order valence-corrected chi connectivity index (χ2v) is 7.94. The standard InChI is InChI=1S/C23H29N5O2/c1-26(13-14-30-3)22-21-20(27(2)16-24-21)15-19(25-22)17-9-11-28(12-10-17)23(29)18-7-5-4-6-8-18/h4-8,15-17H,9-14H2,1-3H3. The van der Waals surface area contributed by atoms with E-state index in [1.807, 2.05) is 60.2 Å². The highest BCUT2D eigenvalue weighted by Crippen LogP contribution is 2.32. The van der Waals surface area contributed by atoms with Gasteiger partial charge in [-0.25, -0.2) is 9.97 Å². The molecule has 1 saturated heterocycles. The van der Waals surface area contributed by atoms with Gasteiger partial charge in [0.25, 0.3) is 5.91 Å². The molecule has 0 unspecified atom stereocenters. The van der Waals surface area contributed by atoms with Gasteiger partial charge in [0.2, 0.25) is 0 Å². The topological polar surface area (TPSA) is 63.5 Å². The molecule has 0 radical (unpaired) electrons. The Balaban J connectivity index is 1.54. The third kappa shape index (κ3) is 4.03. The molecule has 30 heavy (non-hydrogen) atoms. The van der Waals surface area contributed by atoms with Crippen molar-refractivity contribution in [2.75, 3.05) is 45.3 Å². The number of rotatable bonds is 6. The fourth-order valence-electron chi connectivity index (χ4n) is 4.08. The lowest BCUT2D eigenvalue weighted by atomic mass is 9.92. The van der Waals surface area contributed by atoms with E-state index in [-0.39, 0.29) is 5.91 Å². The maximum atomic E-state index is 12.8. The number of anilines is 1. The SMILES string of the molecule is COCCN(C)c1nc(C2CCN(C(=O)c3ccccc3)CC2)cc2c1ncn2C. The molecule has 0 atom stereocenters. The molecule has 3 aromatic rings. The molecule has 1 aliphatic rings. The van der Waals surface area contributed by atoms with Crippen LogP contribution in [0.1, 0.15) is 34.8 Å². The van der Waals surface area contributed by atoms with E-state index in [1.165, 1.54) is 0 Å². The normalized spacial score (nSPS) is 15.0. The van der Waals surface area contributed by atoms with E-state index in [0.717, 1.165) is 60.6 Å². The van der Waals surface area contributed by atoms with Crippen LogP contribution < -0.4 is 4.90 Å². The van der Waals surface area contributed by atoms with Crippen LogP contribution >= 0.6 is 0 Å². The highest BCUT2D eigenvalue weighted by molar-refractivity contribution is 5.94. The molecule has 3 heterocycles. The fourth-order valence-corrected chi connectivity index (χ4v) is 4.08. The van der Waals surface area contributed by atoms with Crippen LogP contribution in [0.15, 0.2) is 42.7 Å². The summed E-state index contributed by atoms with van der Waals surface area (Å²) in [5, 5.41) is 0. The number of likely N-dealkylation sites (tertiary alicyclic amines) is 1. The van der Waals surface area contributed by atoms with E-state index in [9.17, 15) is 4.79 Å². The minimum atomic E-state index is 0.115. The van der Waals surface area contributed by atoms with Crippen LogP contribution in [0.25, 0.3) is 11.0 Å². The Morgan fingerprint density at radius 1 is 1.23 bits per heavy atom. The first-order valence-corrected chi connectivity index (χ1v) is 10.4. The number of hydrogen-bond donors (Lipinski definition) is 0. The molecule has 158 valence electrons. The summed E-state index contributed by atoms with van der Waals surface area (Å²) in [6, 6.07) is 11.7. The van der Waals surface area contributed by atoms with Crippen LogP contribution in [-0.4, -0.2) is 65.7 Å². The molecule has 2 aromatic heterocycles. The molecule has 7 nitrogen and oxygen atoms in total. The number of fused-ring (bicyclic) bond motifs is 1. The van der Waals surface area contributed by atoms with Crippen molar-refractivity contribution in [3.63, 3.8) is 0 Å². The zero-order valence-electron chi connectivity index (χ0n) is 17.9. The molecule has 1 amide bonds. The molecule has 0 aliphatic carbocycles. The van der Waals surface area contributed by atoms with Crippen LogP contribution in [0.3, 0.4) is 0 Å². The maximum absolute atomic E-state index is 12.8. The Labute approximate surface area is 177 Å². The van der Waals surface area contributed by atoms with Crippen LogP contribution in [0, 0.1) is 0 Å². The number of pyridine rings is 1. The molecule has 0 N–H and O–H groups in total. The third-order valence-electron chi connectivity index (χ3n) is 5.93. The van der Waals surface area contributed by atoms with Crippen molar-refractivity contribution in [2.45, 2.75) is 18.8 Å². The predicted octanol–water partition coefficient (Wildman–Crippen LogP) is 3.07. The first-order valence-electron chi connectivity index (χ1n) is 10.4. The van der Waals surface area contributed by atoms with Gasteiger partial charge in [0.1, 0.15) is 5.52 Å². The van der Waals surface area contributed by atoms with E-state index in [4.69, 9.17) is 9.72 Å². The van der Waals surface area contributed by atoms with Crippen LogP contribution in [0.2, 0.25) is 0 Å². The quantitative estimate of drug-likeness (QED) is 0.628. The average Bonchev–Trinajstić information content (AvgIpc) is 3.17. The highest BCUT2D eigenvalue weighted by Gasteiger charge is 2.27. The molecule has 0 spiro atoms. The molecular formula is C23H29N5O2. The zero-order chi connectivity index (χ0) is 21.1. The number of aromatic nitrogens is 3. The Morgan fingerprint density at radius 3 is 2.67 bits per heavy atom. The molecule has 0 saturated carbocycles. The molecular weight excluding hydrogens is 378 g/mol. The van der Waals surface area contributed by atoms with Crippen molar-refractivity contribution < 1.29 is 9.53 Å². The average molecular weight is 408 g/mol. The Hall–Kier alpha value is -2.93. The summed E-state index contributed by atoms with van der Waals surface area (Å²) in [6.07, 6.45) is 3.66. The van der Waals surface area contributed by atoms with Gasteiger partial charge in [-0.3, -0.25) is 4.79 Å². The summed E-state index contributed by atoms with van der Waals surface area (Å²) in [4.78, 5) is 26.4. The van der Waals surface area contributed by atoms with Gasteiger partial charge >= 0.3 is 0 Å². The first kappa shape index (κ1) is 20.3. The van der Waals surface area contributed by atoms with E-state index < -0.39 is 0 Å². The molecule has 1 fully saturated rings. The van der Waals surface area contributed by atoms with Gasteiger partial charge in [-0.1, -0.05) is 18.2 Å². The van der Waals surface area contributed by atoms with Crippen molar-refractivity contribution in [2.24, 2.45) is 7.05 Å². The summed E-state index contributed by atoms with van der Waals surface area (Å²) in [7, 11) is 5.75. The molecule has 7 heteroatoms. The largest absolute Gasteiger partial charge is 0.383 e. The van der Waals surface area contributed by atoms with Gasteiger partial charge in [0, 0.05) is 58.0 Å². The minimum Gasteiger partial charge on any atom is -0.383 e. The fraction of sp³-hybridized carbons (Fsp3) is 0.435. The Morgan fingerprint density at radius 2 is 1.97 bits per heavy atom. The second kappa shape index (κ2) is 8.83.